The quantitative estimate of drug-likeness (QED) is 0.825. The van der Waals surface area contributed by atoms with Crippen LogP contribution in [0.15, 0.2) is 47.4 Å². The summed E-state index contributed by atoms with van der Waals surface area (Å²) in [5.74, 6) is 0.207. The van der Waals surface area contributed by atoms with Gasteiger partial charge < -0.3 is 10.0 Å². The summed E-state index contributed by atoms with van der Waals surface area (Å²) in [7, 11) is 4.15. The van der Waals surface area contributed by atoms with Crippen LogP contribution < -0.4 is 0 Å². The molecule has 1 aromatic carbocycles. The molecule has 1 fully saturated rings. The van der Waals surface area contributed by atoms with Crippen LogP contribution in [0, 0.1) is 5.92 Å². The number of rotatable bonds is 4. The van der Waals surface area contributed by atoms with Crippen LogP contribution in [-0.2, 0) is 5.60 Å². The van der Waals surface area contributed by atoms with Gasteiger partial charge in [-0.2, -0.15) is 0 Å². The van der Waals surface area contributed by atoms with Crippen molar-refractivity contribution in [1.29, 1.82) is 0 Å². The summed E-state index contributed by atoms with van der Waals surface area (Å²) in [6.45, 7) is 0.881. The molecule has 0 aliphatic heterocycles. The first kappa shape index (κ1) is 17.7. The Balaban J connectivity index is 2.03. The minimum Gasteiger partial charge on any atom is -0.380 e. The molecule has 0 amide bonds. The standard InChI is InChI=1S/C20H24ClNOS/c1-22(2)14-17-6-3-5-16(13-15-8-10-18(21)11-9-15)20(17,23)19-7-4-12-24-19/h4,7-13,17,23H,3,5-6,14H2,1-2H3. The van der Waals surface area contributed by atoms with Crippen molar-refractivity contribution in [2.45, 2.75) is 24.9 Å². The van der Waals surface area contributed by atoms with Gasteiger partial charge in [-0.3, -0.25) is 0 Å². The second-order valence-corrected chi connectivity index (χ2v) is 8.20. The summed E-state index contributed by atoms with van der Waals surface area (Å²) in [6.07, 6.45) is 5.25. The molecule has 0 bridgehead atoms. The lowest BCUT2D eigenvalue weighted by molar-refractivity contribution is -0.0143. The Morgan fingerprint density at radius 2 is 2.04 bits per heavy atom. The van der Waals surface area contributed by atoms with Crippen molar-refractivity contribution in [2.75, 3.05) is 20.6 Å². The van der Waals surface area contributed by atoms with Crippen LogP contribution in [0.5, 0.6) is 0 Å². The predicted octanol–water partition coefficient (Wildman–Crippen LogP) is 5.03. The Hall–Kier alpha value is -1.13. The number of benzene rings is 1. The predicted molar refractivity (Wildman–Crippen MR) is 104 cm³/mol. The van der Waals surface area contributed by atoms with E-state index in [4.69, 9.17) is 11.6 Å². The van der Waals surface area contributed by atoms with Crippen LogP contribution in [0.25, 0.3) is 6.08 Å². The van der Waals surface area contributed by atoms with Gasteiger partial charge in [-0.05, 0) is 68.1 Å². The summed E-state index contributed by atoms with van der Waals surface area (Å²) in [5, 5.41) is 14.6. The van der Waals surface area contributed by atoms with E-state index in [-0.39, 0.29) is 5.92 Å². The number of aliphatic hydroxyl groups is 1. The molecule has 1 heterocycles. The van der Waals surface area contributed by atoms with Crippen molar-refractivity contribution >= 4 is 29.0 Å². The summed E-state index contributed by atoms with van der Waals surface area (Å²) in [6, 6.07) is 11.9. The maximum atomic E-state index is 11.8. The number of hydrogen-bond donors (Lipinski definition) is 1. The summed E-state index contributed by atoms with van der Waals surface area (Å²) < 4.78 is 0. The highest BCUT2D eigenvalue weighted by Gasteiger charge is 2.44. The van der Waals surface area contributed by atoms with Gasteiger partial charge in [0, 0.05) is 22.4 Å². The van der Waals surface area contributed by atoms with E-state index < -0.39 is 5.60 Å². The van der Waals surface area contributed by atoms with E-state index in [9.17, 15) is 5.11 Å². The van der Waals surface area contributed by atoms with Crippen molar-refractivity contribution in [3.63, 3.8) is 0 Å². The van der Waals surface area contributed by atoms with Gasteiger partial charge in [0.1, 0.15) is 5.60 Å². The van der Waals surface area contributed by atoms with Crippen molar-refractivity contribution in [2.24, 2.45) is 5.92 Å². The fraction of sp³-hybridized carbons (Fsp3) is 0.400. The van der Waals surface area contributed by atoms with E-state index in [0.29, 0.717) is 0 Å². The lowest BCUT2D eigenvalue weighted by Crippen LogP contribution is -2.44. The average Bonchev–Trinajstić information content (AvgIpc) is 3.08. The minimum absolute atomic E-state index is 0.207. The highest BCUT2D eigenvalue weighted by molar-refractivity contribution is 7.10. The summed E-state index contributed by atoms with van der Waals surface area (Å²) in [5.41, 5.74) is 1.33. The van der Waals surface area contributed by atoms with E-state index in [1.165, 1.54) is 0 Å². The average molecular weight is 362 g/mol. The SMILES string of the molecule is CN(C)CC1CCCC(=Cc2ccc(Cl)cc2)C1(O)c1cccs1. The van der Waals surface area contributed by atoms with Crippen LogP contribution in [0.4, 0.5) is 0 Å². The number of halogens is 1. The Bertz CT molecular complexity index is 693. The van der Waals surface area contributed by atoms with Crippen LogP contribution in [-0.4, -0.2) is 30.6 Å². The largest absolute Gasteiger partial charge is 0.380 e. The van der Waals surface area contributed by atoms with Crippen molar-refractivity contribution in [3.05, 3.63) is 62.8 Å². The molecule has 0 radical (unpaired) electrons. The first-order valence-corrected chi connectivity index (χ1v) is 9.63. The Morgan fingerprint density at radius 3 is 2.67 bits per heavy atom. The zero-order valence-corrected chi connectivity index (χ0v) is 15.8. The fourth-order valence-corrected chi connectivity index (χ4v) is 4.73. The van der Waals surface area contributed by atoms with Gasteiger partial charge in [0.2, 0.25) is 0 Å². The monoisotopic (exact) mass is 361 g/mol. The molecule has 3 rings (SSSR count). The second kappa shape index (κ2) is 7.40. The van der Waals surface area contributed by atoms with Gasteiger partial charge in [-0.1, -0.05) is 35.9 Å². The third-order valence-corrected chi connectivity index (χ3v) is 6.02. The zero-order chi connectivity index (χ0) is 17.2. The molecule has 1 aliphatic rings. The molecule has 24 heavy (non-hydrogen) atoms. The van der Waals surface area contributed by atoms with E-state index >= 15 is 0 Å². The van der Waals surface area contributed by atoms with Gasteiger partial charge >= 0.3 is 0 Å². The zero-order valence-electron chi connectivity index (χ0n) is 14.2. The van der Waals surface area contributed by atoms with Crippen LogP contribution in [0.1, 0.15) is 29.7 Å². The molecule has 2 unspecified atom stereocenters. The molecule has 128 valence electrons. The Morgan fingerprint density at radius 1 is 1.29 bits per heavy atom. The molecule has 2 nitrogen and oxygen atoms in total. The van der Waals surface area contributed by atoms with Crippen LogP contribution >= 0.6 is 22.9 Å². The van der Waals surface area contributed by atoms with Gasteiger partial charge in [-0.15, -0.1) is 11.3 Å². The third-order valence-electron chi connectivity index (χ3n) is 4.77. The lowest BCUT2D eigenvalue weighted by Gasteiger charge is -2.43. The van der Waals surface area contributed by atoms with E-state index in [0.717, 1.165) is 46.8 Å². The van der Waals surface area contributed by atoms with Crippen molar-refractivity contribution < 1.29 is 5.11 Å². The Labute approximate surface area is 153 Å². The number of thiophene rings is 1. The number of nitrogens with zero attached hydrogens (tertiary/aromatic N) is 1. The van der Waals surface area contributed by atoms with Gasteiger partial charge in [0.05, 0.1) is 0 Å². The summed E-state index contributed by atoms with van der Waals surface area (Å²) in [4.78, 5) is 3.23. The second-order valence-electron chi connectivity index (χ2n) is 6.82. The molecule has 1 saturated carbocycles. The normalized spacial score (nSPS) is 26.2. The van der Waals surface area contributed by atoms with E-state index in [1.807, 2.05) is 30.3 Å². The highest BCUT2D eigenvalue weighted by atomic mass is 35.5. The van der Waals surface area contributed by atoms with E-state index in [2.05, 4.69) is 36.5 Å². The first-order valence-electron chi connectivity index (χ1n) is 8.38. The lowest BCUT2D eigenvalue weighted by atomic mass is 9.70. The van der Waals surface area contributed by atoms with E-state index in [1.54, 1.807) is 11.3 Å². The molecule has 4 heteroatoms. The van der Waals surface area contributed by atoms with Crippen molar-refractivity contribution in [3.8, 4) is 0 Å². The minimum atomic E-state index is -0.879. The highest BCUT2D eigenvalue weighted by Crippen LogP contribution is 2.47. The fourth-order valence-electron chi connectivity index (χ4n) is 3.66. The molecule has 2 aromatic rings. The molecule has 1 aromatic heterocycles. The maximum Gasteiger partial charge on any atom is 0.124 e. The molecule has 1 N–H and O–H groups in total. The first-order chi connectivity index (χ1) is 11.5. The van der Waals surface area contributed by atoms with Gasteiger partial charge in [-0.25, -0.2) is 0 Å². The van der Waals surface area contributed by atoms with Crippen molar-refractivity contribution in [1.82, 2.24) is 4.90 Å². The molecule has 1 aliphatic carbocycles. The molecule has 2 atom stereocenters. The van der Waals surface area contributed by atoms with Gasteiger partial charge in [0.25, 0.3) is 0 Å². The summed E-state index contributed by atoms with van der Waals surface area (Å²) >= 11 is 7.64. The Kier molecular flexibility index (Phi) is 5.46. The smallest absolute Gasteiger partial charge is 0.124 e. The topological polar surface area (TPSA) is 23.5 Å². The number of hydrogen-bond acceptors (Lipinski definition) is 3. The molecular formula is C20H24ClNOS. The molecule has 0 saturated heterocycles. The van der Waals surface area contributed by atoms with Gasteiger partial charge in [0.15, 0.2) is 0 Å². The van der Waals surface area contributed by atoms with Crippen LogP contribution in [0.2, 0.25) is 5.02 Å². The molecule has 0 spiro atoms. The third kappa shape index (κ3) is 3.60. The van der Waals surface area contributed by atoms with Crippen LogP contribution in [0.3, 0.4) is 0 Å². The molecular weight excluding hydrogens is 338 g/mol. The maximum absolute atomic E-state index is 11.8.